The number of aliphatic hydroxyl groups is 1. The van der Waals surface area contributed by atoms with Crippen LogP contribution in [0.5, 0.6) is 0 Å². The molecule has 1 amide bonds. The number of halogens is 1. The van der Waals surface area contributed by atoms with Crippen LogP contribution in [0.2, 0.25) is 0 Å². The minimum Gasteiger partial charge on any atom is -0.480 e. The van der Waals surface area contributed by atoms with Gasteiger partial charge in [-0.05, 0) is 25.1 Å². The Kier molecular flexibility index (Phi) is 4.64. The molecule has 0 radical (unpaired) electrons. The van der Waals surface area contributed by atoms with Gasteiger partial charge in [0.2, 0.25) is 0 Å². The molecule has 3 N–H and O–H groups in total. The number of aliphatic carboxylic acids is 1. The summed E-state index contributed by atoms with van der Waals surface area (Å²) >= 11 is 3.35. The van der Waals surface area contributed by atoms with E-state index in [0.29, 0.717) is 11.1 Å². The van der Waals surface area contributed by atoms with Crippen LogP contribution in [0.15, 0.2) is 27.1 Å². The first-order valence-corrected chi connectivity index (χ1v) is 7.06. The molecular formula is C14H14BrNO5. The Hall–Kier alpha value is -1.86. The summed E-state index contributed by atoms with van der Waals surface area (Å²) in [7, 11) is 0. The number of benzene rings is 1. The first-order valence-electron chi connectivity index (χ1n) is 6.27. The lowest BCUT2D eigenvalue weighted by Gasteiger charge is -2.12. The zero-order chi connectivity index (χ0) is 15.6. The van der Waals surface area contributed by atoms with Crippen molar-refractivity contribution >= 4 is 38.8 Å². The van der Waals surface area contributed by atoms with Crippen molar-refractivity contribution in [3.05, 3.63) is 34.0 Å². The number of aliphatic hydroxyl groups excluding tert-OH is 1. The van der Waals surface area contributed by atoms with Gasteiger partial charge in [0, 0.05) is 28.5 Å². The van der Waals surface area contributed by atoms with Crippen molar-refractivity contribution in [1.82, 2.24) is 5.32 Å². The van der Waals surface area contributed by atoms with Gasteiger partial charge in [-0.1, -0.05) is 15.9 Å². The Labute approximate surface area is 128 Å². The Morgan fingerprint density at radius 3 is 2.76 bits per heavy atom. The predicted molar refractivity (Wildman–Crippen MR) is 79.2 cm³/mol. The van der Waals surface area contributed by atoms with Gasteiger partial charge >= 0.3 is 5.97 Å². The average Bonchev–Trinajstić information content (AvgIpc) is 2.75. The van der Waals surface area contributed by atoms with Gasteiger partial charge in [0.1, 0.15) is 11.6 Å². The number of carbonyl (C=O) groups is 2. The second-order valence-corrected chi connectivity index (χ2v) is 5.49. The number of hydrogen-bond donors (Lipinski definition) is 3. The Morgan fingerprint density at radius 2 is 2.14 bits per heavy atom. The molecule has 0 aliphatic rings. The number of carbonyl (C=O) groups excluding carboxylic acids is 1. The summed E-state index contributed by atoms with van der Waals surface area (Å²) in [4.78, 5) is 23.1. The molecular weight excluding hydrogens is 342 g/mol. The van der Waals surface area contributed by atoms with Crippen LogP contribution in [0, 0.1) is 6.92 Å². The van der Waals surface area contributed by atoms with Crippen molar-refractivity contribution in [1.29, 1.82) is 0 Å². The highest BCUT2D eigenvalue weighted by atomic mass is 79.9. The Balaban J connectivity index is 2.31. The molecule has 0 saturated carbocycles. The fraction of sp³-hybridized carbons (Fsp3) is 0.286. The molecule has 21 heavy (non-hydrogen) atoms. The maximum absolute atomic E-state index is 12.1. The van der Waals surface area contributed by atoms with Crippen molar-refractivity contribution < 1.29 is 24.2 Å². The molecule has 2 aromatic rings. The number of aryl methyl sites for hydroxylation is 1. The molecule has 1 unspecified atom stereocenters. The molecule has 2 rings (SSSR count). The minimum atomic E-state index is -1.20. The maximum Gasteiger partial charge on any atom is 0.326 e. The van der Waals surface area contributed by atoms with Gasteiger partial charge in [-0.2, -0.15) is 0 Å². The molecule has 6 nitrogen and oxygen atoms in total. The van der Waals surface area contributed by atoms with Crippen LogP contribution < -0.4 is 5.32 Å². The van der Waals surface area contributed by atoms with E-state index in [-0.39, 0.29) is 18.8 Å². The lowest BCUT2D eigenvalue weighted by Crippen LogP contribution is -2.41. The number of rotatable bonds is 5. The smallest absolute Gasteiger partial charge is 0.326 e. The van der Waals surface area contributed by atoms with E-state index < -0.39 is 17.9 Å². The summed E-state index contributed by atoms with van der Waals surface area (Å²) in [6, 6.07) is 4.19. The highest BCUT2D eigenvalue weighted by molar-refractivity contribution is 9.10. The lowest BCUT2D eigenvalue weighted by molar-refractivity contribution is -0.139. The first kappa shape index (κ1) is 15.5. The topological polar surface area (TPSA) is 99.8 Å². The van der Waals surface area contributed by atoms with E-state index in [1.807, 2.05) is 6.07 Å². The third kappa shape index (κ3) is 3.25. The van der Waals surface area contributed by atoms with E-state index in [2.05, 4.69) is 21.2 Å². The van der Waals surface area contributed by atoms with Crippen LogP contribution in [-0.2, 0) is 4.79 Å². The second kappa shape index (κ2) is 6.28. The fourth-order valence-corrected chi connectivity index (χ4v) is 2.38. The van der Waals surface area contributed by atoms with Gasteiger partial charge in [-0.15, -0.1) is 0 Å². The van der Waals surface area contributed by atoms with Crippen LogP contribution >= 0.6 is 15.9 Å². The number of carboxylic acids is 1. The third-order valence-corrected chi connectivity index (χ3v) is 3.62. The SMILES string of the molecule is Cc1c(C(=O)NC(CCO)C(=O)O)oc2ccc(Br)cc12. The van der Waals surface area contributed by atoms with Crippen molar-refractivity contribution in [2.45, 2.75) is 19.4 Å². The molecule has 0 aliphatic carbocycles. The molecule has 1 heterocycles. The Bertz CT molecular complexity index is 694. The molecule has 1 atom stereocenters. The Morgan fingerprint density at radius 1 is 1.43 bits per heavy atom. The number of fused-ring (bicyclic) bond motifs is 1. The number of carboxylic acid groups (broad SMARTS) is 1. The van der Waals surface area contributed by atoms with Gasteiger partial charge in [-0.25, -0.2) is 4.79 Å². The molecule has 0 fully saturated rings. The molecule has 0 bridgehead atoms. The molecule has 0 spiro atoms. The van der Waals surface area contributed by atoms with E-state index in [4.69, 9.17) is 14.6 Å². The lowest BCUT2D eigenvalue weighted by atomic mass is 10.1. The van der Waals surface area contributed by atoms with Crippen LogP contribution in [0.4, 0.5) is 0 Å². The zero-order valence-electron chi connectivity index (χ0n) is 11.2. The van der Waals surface area contributed by atoms with E-state index in [9.17, 15) is 9.59 Å². The van der Waals surface area contributed by atoms with Gasteiger partial charge < -0.3 is 19.9 Å². The van der Waals surface area contributed by atoms with E-state index in [1.54, 1.807) is 19.1 Å². The van der Waals surface area contributed by atoms with Crippen molar-refractivity contribution in [2.75, 3.05) is 6.61 Å². The van der Waals surface area contributed by atoms with Gasteiger partial charge in [-0.3, -0.25) is 4.79 Å². The molecule has 0 saturated heterocycles. The van der Waals surface area contributed by atoms with Gasteiger partial charge in [0.25, 0.3) is 5.91 Å². The monoisotopic (exact) mass is 355 g/mol. The van der Waals surface area contributed by atoms with Crippen molar-refractivity contribution in [3.8, 4) is 0 Å². The largest absolute Gasteiger partial charge is 0.480 e. The molecule has 1 aromatic carbocycles. The summed E-state index contributed by atoms with van der Waals surface area (Å²) in [5.74, 6) is -1.73. The second-order valence-electron chi connectivity index (χ2n) is 4.57. The van der Waals surface area contributed by atoms with Crippen LogP contribution in [0.25, 0.3) is 11.0 Å². The van der Waals surface area contributed by atoms with Crippen LogP contribution in [0.3, 0.4) is 0 Å². The summed E-state index contributed by atoms with van der Waals surface area (Å²) in [6.07, 6.45) is -0.0636. The number of nitrogens with one attached hydrogen (secondary N) is 1. The highest BCUT2D eigenvalue weighted by Crippen LogP contribution is 2.28. The first-order chi connectivity index (χ1) is 9.93. The molecule has 7 heteroatoms. The number of hydrogen-bond acceptors (Lipinski definition) is 4. The van der Waals surface area contributed by atoms with Crippen LogP contribution in [-0.4, -0.2) is 34.7 Å². The normalized spacial score (nSPS) is 12.3. The summed E-state index contributed by atoms with van der Waals surface area (Å²) in [5.41, 5.74) is 1.19. The summed E-state index contributed by atoms with van der Waals surface area (Å²) in [6.45, 7) is 1.40. The van der Waals surface area contributed by atoms with Crippen LogP contribution in [0.1, 0.15) is 22.5 Å². The van der Waals surface area contributed by atoms with Gasteiger partial charge in [0.05, 0.1) is 0 Å². The molecule has 112 valence electrons. The highest BCUT2D eigenvalue weighted by Gasteiger charge is 2.24. The van der Waals surface area contributed by atoms with Crippen molar-refractivity contribution in [3.63, 3.8) is 0 Å². The summed E-state index contributed by atoms with van der Waals surface area (Å²) < 4.78 is 6.34. The molecule has 0 aliphatic heterocycles. The number of amides is 1. The third-order valence-electron chi connectivity index (χ3n) is 3.13. The standard InChI is InChI=1S/C14H14BrNO5/c1-7-9-6-8(15)2-3-11(9)21-12(7)13(18)16-10(4-5-17)14(19)20/h2-3,6,10,17H,4-5H2,1H3,(H,16,18)(H,19,20). The number of furan rings is 1. The van der Waals surface area contributed by atoms with E-state index >= 15 is 0 Å². The maximum atomic E-state index is 12.1. The van der Waals surface area contributed by atoms with Crippen molar-refractivity contribution in [2.24, 2.45) is 0 Å². The fourth-order valence-electron chi connectivity index (χ4n) is 2.02. The summed E-state index contributed by atoms with van der Waals surface area (Å²) in [5, 5.41) is 20.9. The van der Waals surface area contributed by atoms with Gasteiger partial charge in [0.15, 0.2) is 5.76 Å². The quantitative estimate of drug-likeness (QED) is 0.762. The molecule has 1 aromatic heterocycles. The zero-order valence-corrected chi connectivity index (χ0v) is 12.8. The average molecular weight is 356 g/mol. The van der Waals surface area contributed by atoms with E-state index in [0.717, 1.165) is 9.86 Å². The minimum absolute atomic E-state index is 0.0636. The van der Waals surface area contributed by atoms with E-state index in [1.165, 1.54) is 0 Å². The predicted octanol–water partition coefficient (Wildman–Crippen LogP) is 2.07.